The topological polar surface area (TPSA) is 28.7 Å². The molecule has 0 aliphatic heterocycles. The molecular weight excluding hydrogens is 252 g/mol. The second kappa shape index (κ2) is 6.31. The second-order valence-electron chi connectivity index (χ2n) is 4.28. The van der Waals surface area contributed by atoms with Crippen LogP contribution in [-0.4, -0.2) is 21.6 Å². The second-order valence-corrected chi connectivity index (χ2v) is 5.74. The Kier molecular flexibility index (Phi) is 4.75. The van der Waals surface area contributed by atoms with Gasteiger partial charge in [-0.05, 0) is 30.9 Å². The van der Waals surface area contributed by atoms with Gasteiger partial charge in [0, 0.05) is 11.6 Å². The highest BCUT2D eigenvalue weighted by molar-refractivity contribution is 7.99. The minimum atomic E-state index is 0.698. The van der Waals surface area contributed by atoms with Crippen LogP contribution in [0.1, 0.15) is 19.8 Å². The highest BCUT2D eigenvalue weighted by Gasteiger charge is 2.05. The van der Waals surface area contributed by atoms with E-state index in [1.54, 1.807) is 11.8 Å². The van der Waals surface area contributed by atoms with Crippen LogP contribution >= 0.6 is 23.4 Å². The van der Waals surface area contributed by atoms with Gasteiger partial charge >= 0.3 is 0 Å². The van der Waals surface area contributed by atoms with Crippen LogP contribution in [0, 0.1) is 5.92 Å². The number of hydrogen-bond donors (Lipinski definition) is 1. The molecule has 0 bridgehead atoms. The van der Waals surface area contributed by atoms with Gasteiger partial charge in [0.05, 0.1) is 11.0 Å². The third-order valence-electron chi connectivity index (χ3n) is 2.82. The molecule has 0 aliphatic carbocycles. The number of thioether (sulfide) groups is 1. The number of nitrogens with one attached hydrogen (secondary N) is 1. The van der Waals surface area contributed by atoms with Crippen LogP contribution in [-0.2, 0) is 0 Å². The van der Waals surface area contributed by atoms with Crippen LogP contribution in [0.2, 0.25) is 0 Å². The summed E-state index contributed by atoms with van der Waals surface area (Å²) >= 11 is 7.51. The predicted molar refractivity (Wildman–Crippen MR) is 75.9 cm³/mol. The van der Waals surface area contributed by atoms with Crippen LogP contribution < -0.4 is 0 Å². The summed E-state index contributed by atoms with van der Waals surface area (Å²) in [6.07, 6.45) is 2.29. The van der Waals surface area contributed by atoms with Gasteiger partial charge in [-0.15, -0.1) is 11.6 Å². The van der Waals surface area contributed by atoms with Crippen LogP contribution in [0.25, 0.3) is 11.0 Å². The number of benzene rings is 1. The first-order valence-corrected chi connectivity index (χ1v) is 7.45. The van der Waals surface area contributed by atoms with E-state index in [1.165, 1.54) is 6.42 Å². The van der Waals surface area contributed by atoms with Gasteiger partial charge < -0.3 is 4.98 Å². The molecule has 1 unspecified atom stereocenters. The number of halogens is 1. The van der Waals surface area contributed by atoms with Gasteiger partial charge in [0.15, 0.2) is 5.16 Å². The fourth-order valence-electron chi connectivity index (χ4n) is 1.69. The van der Waals surface area contributed by atoms with Crippen molar-refractivity contribution < 1.29 is 0 Å². The van der Waals surface area contributed by atoms with E-state index in [4.69, 9.17) is 11.6 Å². The molecule has 0 radical (unpaired) electrons. The van der Waals surface area contributed by atoms with Crippen molar-refractivity contribution in [3.63, 3.8) is 0 Å². The molecule has 4 heteroatoms. The Hall–Kier alpha value is -0.670. The SMILES string of the molecule is CC(CCCl)CCSc1nc2ccccc2[nH]1. The lowest BCUT2D eigenvalue weighted by Crippen LogP contribution is -1.97. The largest absolute Gasteiger partial charge is 0.333 e. The summed E-state index contributed by atoms with van der Waals surface area (Å²) < 4.78 is 0. The van der Waals surface area contributed by atoms with E-state index in [-0.39, 0.29) is 0 Å². The number of aromatic amines is 1. The average Bonchev–Trinajstić information content (AvgIpc) is 2.71. The van der Waals surface area contributed by atoms with Crippen LogP contribution in [0.3, 0.4) is 0 Å². The standard InChI is InChI=1S/C13H17ClN2S/c1-10(6-8-14)7-9-17-13-15-11-4-2-3-5-12(11)16-13/h2-5,10H,6-9H2,1H3,(H,15,16). The molecule has 0 saturated heterocycles. The monoisotopic (exact) mass is 268 g/mol. The van der Waals surface area contributed by atoms with Crippen LogP contribution in [0.4, 0.5) is 0 Å². The minimum Gasteiger partial charge on any atom is -0.333 e. The lowest BCUT2D eigenvalue weighted by atomic mass is 10.1. The molecule has 17 heavy (non-hydrogen) atoms. The van der Waals surface area contributed by atoms with E-state index < -0.39 is 0 Å². The highest BCUT2D eigenvalue weighted by Crippen LogP contribution is 2.21. The Morgan fingerprint density at radius 2 is 2.18 bits per heavy atom. The molecule has 0 amide bonds. The fourth-order valence-corrected chi connectivity index (χ4v) is 3.12. The fraction of sp³-hybridized carbons (Fsp3) is 0.462. The third-order valence-corrected chi connectivity index (χ3v) is 3.94. The van der Waals surface area contributed by atoms with Crippen molar-refractivity contribution in [3.8, 4) is 0 Å². The Bertz CT molecular complexity index is 436. The van der Waals surface area contributed by atoms with E-state index in [2.05, 4.69) is 23.0 Å². The van der Waals surface area contributed by atoms with E-state index in [1.807, 2.05) is 18.2 Å². The highest BCUT2D eigenvalue weighted by atomic mass is 35.5. The van der Waals surface area contributed by atoms with Crippen molar-refractivity contribution in [2.45, 2.75) is 24.9 Å². The first-order chi connectivity index (χ1) is 8.29. The summed E-state index contributed by atoms with van der Waals surface area (Å²) in [6.45, 7) is 2.25. The lowest BCUT2D eigenvalue weighted by molar-refractivity contribution is 0.551. The van der Waals surface area contributed by atoms with Crippen molar-refractivity contribution in [1.29, 1.82) is 0 Å². The molecule has 0 spiro atoms. The summed E-state index contributed by atoms with van der Waals surface area (Å²) in [4.78, 5) is 7.86. The molecule has 2 nitrogen and oxygen atoms in total. The molecule has 0 saturated carbocycles. The maximum absolute atomic E-state index is 5.72. The van der Waals surface area contributed by atoms with Crippen molar-refractivity contribution in [1.82, 2.24) is 9.97 Å². The Labute approximate surface area is 111 Å². The van der Waals surface area contributed by atoms with Crippen LogP contribution in [0.5, 0.6) is 0 Å². The lowest BCUT2D eigenvalue weighted by Gasteiger charge is -2.07. The first-order valence-electron chi connectivity index (χ1n) is 5.93. The number of alkyl halides is 1. The maximum atomic E-state index is 5.72. The minimum absolute atomic E-state index is 0.698. The average molecular weight is 269 g/mol. The van der Waals surface area contributed by atoms with Gasteiger partial charge in [-0.2, -0.15) is 0 Å². The molecule has 1 atom stereocenters. The normalized spacial score (nSPS) is 13.1. The summed E-state index contributed by atoms with van der Waals surface area (Å²) in [6, 6.07) is 8.13. The predicted octanol–water partition coefficient (Wildman–Crippen LogP) is 4.31. The van der Waals surface area contributed by atoms with E-state index in [0.29, 0.717) is 5.92 Å². The zero-order valence-corrected chi connectivity index (χ0v) is 11.5. The summed E-state index contributed by atoms with van der Waals surface area (Å²) in [5, 5.41) is 1.02. The number of nitrogens with zero attached hydrogens (tertiary/aromatic N) is 1. The maximum Gasteiger partial charge on any atom is 0.166 e. The number of aromatic nitrogens is 2. The number of fused-ring (bicyclic) bond motifs is 1. The smallest absolute Gasteiger partial charge is 0.166 e. The molecule has 92 valence electrons. The quantitative estimate of drug-likeness (QED) is 0.625. The molecule has 1 aromatic heterocycles. The van der Waals surface area contributed by atoms with Crippen molar-refractivity contribution in [2.75, 3.05) is 11.6 Å². The Morgan fingerprint density at radius 1 is 1.35 bits per heavy atom. The summed E-state index contributed by atoms with van der Waals surface area (Å²) in [5.41, 5.74) is 2.16. The van der Waals surface area contributed by atoms with Crippen molar-refractivity contribution >= 4 is 34.4 Å². The zero-order valence-electron chi connectivity index (χ0n) is 9.95. The summed E-state index contributed by atoms with van der Waals surface area (Å²) in [7, 11) is 0. The number of rotatable bonds is 6. The first kappa shape index (κ1) is 12.8. The summed E-state index contributed by atoms with van der Waals surface area (Å²) in [5.74, 6) is 2.55. The zero-order chi connectivity index (χ0) is 12.1. The molecule has 2 aromatic rings. The van der Waals surface area contributed by atoms with E-state index >= 15 is 0 Å². The molecule has 0 aliphatic rings. The molecular formula is C13H17ClN2S. The van der Waals surface area contributed by atoms with E-state index in [9.17, 15) is 0 Å². The molecule has 0 fully saturated rings. The van der Waals surface area contributed by atoms with Gasteiger partial charge in [-0.25, -0.2) is 4.98 Å². The van der Waals surface area contributed by atoms with E-state index in [0.717, 1.165) is 34.2 Å². The van der Waals surface area contributed by atoms with Gasteiger partial charge in [0.2, 0.25) is 0 Å². The number of hydrogen-bond acceptors (Lipinski definition) is 2. The van der Waals surface area contributed by atoms with Gasteiger partial charge in [0.1, 0.15) is 0 Å². The van der Waals surface area contributed by atoms with Gasteiger partial charge in [-0.3, -0.25) is 0 Å². The molecule has 1 aromatic carbocycles. The Balaban J connectivity index is 1.86. The molecule has 1 N–H and O–H groups in total. The number of imidazole rings is 1. The molecule has 1 heterocycles. The van der Waals surface area contributed by atoms with Crippen LogP contribution in [0.15, 0.2) is 29.4 Å². The number of H-pyrrole nitrogens is 1. The van der Waals surface area contributed by atoms with Gasteiger partial charge in [0.25, 0.3) is 0 Å². The van der Waals surface area contributed by atoms with Gasteiger partial charge in [-0.1, -0.05) is 30.8 Å². The van der Waals surface area contributed by atoms with Crippen molar-refractivity contribution in [2.24, 2.45) is 5.92 Å². The molecule has 2 rings (SSSR count). The number of para-hydroxylation sites is 2. The van der Waals surface area contributed by atoms with Crippen molar-refractivity contribution in [3.05, 3.63) is 24.3 Å². The Morgan fingerprint density at radius 3 is 2.94 bits per heavy atom. The third kappa shape index (κ3) is 3.65.